The molecule has 38 heavy (non-hydrogen) atoms. The normalized spacial score (nSPS) is 24.7. The number of hydrogen-bond acceptors (Lipinski definition) is 6. The third-order valence-electron chi connectivity index (χ3n) is 7.72. The summed E-state index contributed by atoms with van der Waals surface area (Å²) in [6.45, 7) is 0.206. The highest BCUT2D eigenvalue weighted by Gasteiger charge is 2.39. The smallest absolute Gasteiger partial charge is 0.267 e. The van der Waals surface area contributed by atoms with Crippen molar-refractivity contribution in [2.75, 3.05) is 7.05 Å². The largest absolute Gasteiger partial charge is 0.487 e. The van der Waals surface area contributed by atoms with Gasteiger partial charge in [-0.15, -0.1) is 0 Å². The lowest BCUT2D eigenvalue weighted by Gasteiger charge is -2.36. The molecule has 0 amide bonds. The van der Waals surface area contributed by atoms with E-state index in [0.717, 1.165) is 35.8 Å². The molecule has 3 atom stereocenters. The molecule has 3 aliphatic rings. The number of fused-ring (bicyclic) bond motifs is 2. The molecule has 0 aliphatic carbocycles. The Kier molecular flexibility index (Phi) is 6.53. The van der Waals surface area contributed by atoms with E-state index in [1.54, 1.807) is 6.21 Å². The van der Waals surface area contributed by atoms with E-state index in [0.29, 0.717) is 17.8 Å². The Bertz CT molecular complexity index is 1440. The van der Waals surface area contributed by atoms with Crippen LogP contribution < -0.4 is 10.9 Å². The van der Waals surface area contributed by atoms with Crippen molar-refractivity contribution < 1.29 is 13.5 Å². The van der Waals surface area contributed by atoms with Crippen LogP contribution in [-0.2, 0) is 11.3 Å². The minimum Gasteiger partial charge on any atom is -0.487 e. The van der Waals surface area contributed by atoms with Crippen molar-refractivity contribution in [3.05, 3.63) is 99.7 Å². The van der Waals surface area contributed by atoms with Crippen LogP contribution in [0.25, 0.3) is 11.3 Å². The number of allylic oxidation sites excluding steroid dienone is 1. The second-order valence-electron chi connectivity index (χ2n) is 10.3. The van der Waals surface area contributed by atoms with Crippen LogP contribution in [0, 0.1) is 11.6 Å². The molecule has 2 saturated heterocycles. The van der Waals surface area contributed by atoms with Gasteiger partial charge in [-0.2, -0.15) is 5.10 Å². The van der Waals surface area contributed by atoms with Gasteiger partial charge >= 0.3 is 0 Å². The van der Waals surface area contributed by atoms with Gasteiger partial charge in [0.1, 0.15) is 23.9 Å². The van der Waals surface area contributed by atoms with Gasteiger partial charge in [0.25, 0.3) is 5.56 Å². The van der Waals surface area contributed by atoms with Crippen molar-refractivity contribution in [1.82, 2.24) is 20.0 Å². The maximum absolute atomic E-state index is 13.7. The zero-order valence-corrected chi connectivity index (χ0v) is 21.1. The van der Waals surface area contributed by atoms with E-state index in [9.17, 15) is 13.6 Å². The number of nitrogens with one attached hydrogen (secondary N) is 1. The highest BCUT2D eigenvalue weighted by atomic mass is 19.1. The highest BCUT2D eigenvalue weighted by molar-refractivity contribution is 5.77. The Labute approximate surface area is 219 Å². The first-order valence-electron chi connectivity index (χ1n) is 12.9. The van der Waals surface area contributed by atoms with Gasteiger partial charge in [-0.1, -0.05) is 18.2 Å². The molecule has 7 nitrogen and oxygen atoms in total. The summed E-state index contributed by atoms with van der Waals surface area (Å²) in [5, 5.41) is 7.66. The van der Waals surface area contributed by atoms with Gasteiger partial charge in [0.05, 0.1) is 18.5 Å². The number of halogens is 2. The first-order valence-corrected chi connectivity index (χ1v) is 12.9. The molecule has 1 aromatic heterocycles. The Morgan fingerprint density at radius 2 is 1.79 bits per heavy atom. The number of hydrogen-bond donors (Lipinski definition) is 1. The van der Waals surface area contributed by atoms with Gasteiger partial charge in [-0.05, 0) is 68.1 Å². The molecule has 3 unspecified atom stereocenters. The van der Waals surface area contributed by atoms with Gasteiger partial charge in [-0.3, -0.25) is 9.79 Å². The van der Waals surface area contributed by atoms with Crippen LogP contribution in [0.1, 0.15) is 43.0 Å². The van der Waals surface area contributed by atoms with Gasteiger partial charge < -0.3 is 15.0 Å². The molecule has 4 heterocycles. The minimum atomic E-state index is -0.700. The Morgan fingerprint density at radius 3 is 2.50 bits per heavy atom. The number of aromatic nitrogens is 2. The Balaban J connectivity index is 1.13. The highest BCUT2D eigenvalue weighted by Crippen LogP contribution is 2.36. The molecule has 6 rings (SSSR count). The summed E-state index contributed by atoms with van der Waals surface area (Å²) < 4.78 is 34.9. The second-order valence-corrected chi connectivity index (χ2v) is 10.3. The number of piperidine rings is 1. The molecule has 9 heteroatoms. The molecule has 2 fully saturated rings. The second kappa shape index (κ2) is 10.1. The van der Waals surface area contributed by atoms with Gasteiger partial charge in [0.15, 0.2) is 5.76 Å². The quantitative estimate of drug-likeness (QED) is 0.525. The molecule has 0 saturated carbocycles. The van der Waals surface area contributed by atoms with Crippen molar-refractivity contribution in [3.8, 4) is 11.3 Å². The Hall–Kier alpha value is -3.85. The molecule has 3 aromatic rings. The molecule has 2 bridgehead atoms. The average molecular weight is 518 g/mol. The topological polar surface area (TPSA) is 71.8 Å². The van der Waals surface area contributed by atoms with Crippen LogP contribution in [0.2, 0.25) is 0 Å². The third kappa shape index (κ3) is 5.11. The van der Waals surface area contributed by atoms with Crippen LogP contribution in [0.3, 0.4) is 0 Å². The summed E-state index contributed by atoms with van der Waals surface area (Å²) >= 11 is 0. The van der Waals surface area contributed by atoms with Crippen LogP contribution >= 0.6 is 0 Å². The first kappa shape index (κ1) is 24.5. The molecular formula is C29H29F2N5O2. The van der Waals surface area contributed by atoms with Crippen LogP contribution in [-0.4, -0.2) is 46.1 Å². The molecule has 0 spiro atoms. The fourth-order valence-corrected chi connectivity index (χ4v) is 5.74. The van der Waals surface area contributed by atoms with Crippen molar-refractivity contribution in [2.24, 2.45) is 4.99 Å². The average Bonchev–Trinajstić information content (AvgIpc) is 3.10. The summed E-state index contributed by atoms with van der Waals surface area (Å²) in [4.78, 5) is 19.6. The van der Waals surface area contributed by atoms with E-state index in [2.05, 4.69) is 27.4 Å². The maximum Gasteiger partial charge on any atom is 0.267 e. The zero-order chi connectivity index (χ0) is 26.2. The van der Waals surface area contributed by atoms with Crippen molar-refractivity contribution in [1.29, 1.82) is 0 Å². The zero-order valence-electron chi connectivity index (χ0n) is 21.1. The van der Waals surface area contributed by atoms with E-state index in [1.165, 1.54) is 41.8 Å². The summed E-state index contributed by atoms with van der Waals surface area (Å²) in [6.07, 6.45) is 8.19. The van der Waals surface area contributed by atoms with Crippen LogP contribution in [0.5, 0.6) is 0 Å². The number of benzene rings is 2. The summed E-state index contributed by atoms with van der Waals surface area (Å²) in [5.74, 6) is -0.657. The number of ether oxygens (including phenoxy) is 1. The van der Waals surface area contributed by atoms with Crippen molar-refractivity contribution in [2.45, 2.75) is 56.6 Å². The predicted molar refractivity (Wildman–Crippen MR) is 141 cm³/mol. The first-order chi connectivity index (χ1) is 18.4. The van der Waals surface area contributed by atoms with Crippen LogP contribution in [0.15, 0.2) is 76.3 Å². The standard InChI is InChI=1S/C29H29F2N5O2/c1-35-23-5-6-24(35)14-25(13-23)38-26-15-32-29(33-16-26)19-4-2-3-18(9-19)17-36-28(37)8-7-27(34-36)20-10-21(30)12-22(31)11-20/h2-4,7-12,15-16,23-25,29,32H,5-6,13-14,17H2,1H3. The van der Waals surface area contributed by atoms with E-state index in [4.69, 9.17) is 4.74 Å². The lowest BCUT2D eigenvalue weighted by molar-refractivity contribution is 0.0308. The molecule has 0 radical (unpaired) electrons. The molecular weight excluding hydrogens is 488 g/mol. The van der Waals surface area contributed by atoms with Gasteiger partial charge in [0, 0.05) is 36.0 Å². The van der Waals surface area contributed by atoms with E-state index in [1.807, 2.05) is 30.5 Å². The number of nitrogens with zero attached hydrogens (tertiary/aromatic N) is 4. The van der Waals surface area contributed by atoms with Gasteiger partial charge in [-0.25, -0.2) is 13.5 Å². The molecule has 2 aromatic carbocycles. The fraction of sp³-hybridized carbons (Fsp3) is 0.345. The number of rotatable bonds is 6. The molecule has 3 aliphatic heterocycles. The summed E-state index contributed by atoms with van der Waals surface area (Å²) in [5.41, 5.74) is 2.06. The predicted octanol–water partition coefficient (Wildman–Crippen LogP) is 4.39. The van der Waals surface area contributed by atoms with Crippen LogP contribution in [0.4, 0.5) is 8.78 Å². The molecule has 1 N–H and O–H groups in total. The SMILES string of the molecule is CN1C2CCC1CC(OC1=CNC(c3cccc(Cn4nc(-c5cc(F)cc(F)c5)ccc4=O)c3)N=C1)C2. The van der Waals surface area contributed by atoms with E-state index in [-0.39, 0.29) is 29.9 Å². The van der Waals surface area contributed by atoms with E-state index >= 15 is 0 Å². The maximum atomic E-state index is 13.7. The lowest BCUT2D eigenvalue weighted by atomic mass is 10.0. The Morgan fingerprint density at radius 1 is 1.03 bits per heavy atom. The van der Waals surface area contributed by atoms with E-state index < -0.39 is 11.6 Å². The molecule has 196 valence electrons. The monoisotopic (exact) mass is 517 g/mol. The number of aliphatic imine (C=N–C) groups is 1. The minimum absolute atomic E-state index is 0.206. The third-order valence-corrected chi connectivity index (χ3v) is 7.72. The van der Waals surface area contributed by atoms with Crippen molar-refractivity contribution >= 4 is 6.21 Å². The van der Waals surface area contributed by atoms with Gasteiger partial charge in [0.2, 0.25) is 0 Å². The summed E-state index contributed by atoms with van der Waals surface area (Å²) in [7, 11) is 2.22. The summed E-state index contributed by atoms with van der Waals surface area (Å²) in [6, 6.07) is 15.0. The lowest BCUT2D eigenvalue weighted by Crippen LogP contribution is -2.42. The van der Waals surface area contributed by atoms with Crippen molar-refractivity contribution in [3.63, 3.8) is 0 Å². The fourth-order valence-electron chi connectivity index (χ4n) is 5.74.